The molecule has 0 aromatic heterocycles. The zero-order chi connectivity index (χ0) is 19.9. The first kappa shape index (κ1) is 19.6. The van der Waals surface area contributed by atoms with Gasteiger partial charge in [-0.3, -0.25) is 9.79 Å². The maximum Gasteiger partial charge on any atom is 0.262 e. The van der Waals surface area contributed by atoms with Gasteiger partial charge in [-0.1, -0.05) is 41.9 Å². The number of nitrogens with zero attached hydrogens (tertiary/aromatic N) is 1. The zero-order valence-corrected chi connectivity index (χ0v) is 16.5. The molecule has 28 heavy (non-hydrogen) atoms. The molecule has 0 heterocycles. The van der Waals surface area contributed by atoms with Gasteiger partial charge in [-0.15, -0.1) is 0 Å². The number of carbonyl (C=O) groups excluding carboxylic acids is 1. The van der Waals surface area contributed by atoms with Gasteiger partial charge in [0.15, 0.2) is 6.61 Å². The van der Waals surface area contributed by atoms with Gasteiger partial charge in [0, 0.05) is 11.9 Å². The summed E-state index contributed by atoms with van der Waals surface area (Å²) in [4.78, 5) is 16.5. The summed E-state index contributed by atoms with van der Waals surface area (Å²) in [6, 6.07) is 20.6. The summed E-state index contributed by atoms with van der Waals surface area (Å²) in [5, 5.41) is 3.19. The quantitative estimate of drug-likeness (QED) is 0.545. The molecule has 0 radical (unpaired) electrons. The molecule has 5 heteroatoms. The number of hydrogen-bond donors (Lipinski definition) is 1. The van der Waals surface area contributed by atoms with Crippen molar-refractivity contribution in [1.29, 1.82) is 0 Å². The van der Waals surface area contributed by atoms with Crippen LogP contribution in [-0.2, 0) is 4.79 Å². The Balaban J connectivity index is 1.61. The van der Waals surface area contributed by atoms with Crippen molar-refractivity contribution >= 4 is 35.1 Å². The van der Waals surface area contributed by atoms with E-state index in [0.717, 1.165) is 22.5 Å². The molecule has 0 atom stereocenters. The molecule has 3 aromatic carbocycles. The van der Waals surface area contributed by atoms with Crippen LogP contribution < -0.4 is 10.1 Å². The number of ether oxygens (including phenoxy) is 1. The Kier molecular flexibility index (Phi) is 6.45. The first-order valence-electron chi connectivity index (χ1n) is 8.90. The molecule has 4 nitrogen and oxygen atoms in total. The average Bonchev–Trinajstić information content (AvgIpc) is 2.69. The summed E-state index contributed by atoms with van der Waals surface area (Å²) in [6.45, 7) is 3.99. The highest BCUT2D eigenvalue weighted by Crippen LogP contribution is 2.26. The van der Waals surface area contributed by atoms with E-state index in [9.17, 15) is 4.79 Å². The Labute approximate surface area is 169 Å². The highest BCUT2D eigenvalue weighted by Gasteiger charge is 2.07. The number of benzene rings is 3. The summed E-state index contributed by atoms with van der Waals surface area (Å²) < 4.78 is 5.53. The van der Waals surface area contributed by atoms with Gasteiger partial charge in [0.2, 0.25) is 0 Å². The fourth-order valence-electron chi connectivity index (χ4n) is 2.60. The maximum absolute atomic E-state index is 12.0. The molecule has 1 amide bonds. The van der Waals surface area contributed by atoms with Crippen molar-refractivity contribution in [3.8, 4) is 5.75 Å². The third kappa shape index (κ3) is 5.21. The molecule has 0 aliphatic heterocycles. The van der Waals surface area contributed by atoms with Crippen LogP contribution in [0, 0.1) is 13.8 Å². The number of para-hydroxylation sites is 1. The molecule has 0 spiro atoms. The molecule has 0 bridgehead atoms. The summed E-state index contributed by atoms with van der Waals surface area (Å²) in [5.74, 6) is 0.205. The Morgan fingerprint density at radius 1 is 1.07 bits per heavy atom. The van der Waals surface area contributed by atoms with E-state index >= 15 is 0 Å². The van der Waals surface area contributed by atoms with Gasteiger partial charge in [0.05, 0.1) is 10.7 Å². The lowest BCUT2D eigenvalue weighted by Gasteiger charge is -2.09. The van der Waals surface area contributed by atoms with Gasteiger partial charge in [0.1, 0.15) is 5.75 Å². The number of aliphatic imine (C=N–C) groups is 1. The van der Waals surface area contributed by atoms with Gasteiger partial charge >= 0.3 is 0 Å². The summed E-state index contributed by atoms with van der Waals surface area (Å²) in [6.07, 6.45) is 1.76. The third-order valence-corrected chi connectivity index (χ3v) is 4.60. The van der Waals surface area contributed by atoms with E-state index in [-0.39, 0.29) is 12.5 Å². The standard InChI is InChI=1S/C23H21ClN2O2/c1-16-7-6-10-21(17(16)2)25-14-18-11-12-22(20(24)13-18)28-15-23(27)26-19-8-4-3-5-9-19/h3-14H,15H2,1-2H3,(H,26,27). The number of nitrogens with one attached hydrogen (secondary N) is 1. The number of rotatable bonds is 6. The second kappa shape index (κ2) is 9.20. The molecule has 142 valence electrons. The summed E-state index contributed by atoms with van der Waals surface area (Å²) >= 11 is 6.29. The van der Waals surface area contributed by atoms with Crippen LogP contribution in [0.25, 0.3) is 0 Å². The van der Waals surface area contributed by atoms with Gasteiger partial charge in [0.25, 0.3) is 5.91 Å². The predicted octanol–water partition coefficient (Wildman–Crippen LogP) is 5.72. The Hall–Kier alpha value is -3.11. The molecular weight excluding hydrogens is 372 g/mol. The number of hydrogen-bond acceptors (Lipinski definition) is 3. The van der Waals surface area contributed by atoms with Crippen LogP contribution in [0.15, 0.2) is 71.7 Å². The van der Waals surface area contributed by atoms with Crippen LogP contribution in [0.1, 0.15) is 16.7 Å². The molecule has 0 saturated carbocycles. The molecular formula is C23H21ClN2O2. The molecule has 1 N–H and O–H groups in total. The minimum Gasteiger partial charge on any atom is -0.482 e. The van der Waals surface area contributed by atoms with Crippen molar-refractivity contribution in [2.75, 3.05) is 11.9 Å². The molecule has 0 saturated heterocycles. The highest BCUT2D eigenvalue weighted by molar-refractivity contribution is 6.32. The molecule has 3 aromatic rings. The third-order valence-electron chi connectivity index (χ3n) is 4.30. The average molecular weight is 393 g/mol. The van der Waals surface area contributed by atoms with Crippen molar-refractivity contribution < 1.29 is 9.53 Å². The first-order valence-corrected chi connectivity index (χ1v) is 9.28. The molecule has 3 rings (SSSR count). The van der Waals surface area contributed by atoms with Crippen LogP contribution in [0.3, 0.4) is 0 Å². The van der Waals surface area contributed by atoms with Crippen molar-refractivity contribution in [3.63, 3.8) is 0 Å². The van der Waals surface area contributed by atoms with Crippen LogP contribution in [-0.4, -0.2) is 18.7 Å². The van der Waals surface area contributed by atoms with Crippen molar-refractivity contribution in [2.24, 2.45) is 4.99 Å². The van der Waals surface area contributed by atoms with Crippen LogP contribution in [0.4, 0.5) is 11.4 Å². The van der Waals surface area contributed by atoms with Crippen molar-refractivity contribution in [3.05, 3.63) is 88.4 Å². The minimum absolute atomic E-state index is 0.120. The van der Waals surface area contributed by atoms with Crippen LogP contribution >= 0.6 is 11.6 Å². The predicted molar refractivity (Wildman–Crippen MR) is 115 cm³/mol. The molecule has 0 aliphatic rings. The van der Waals surface area contributed by atoms with Crippen molar-refractivity contribution in [2.45, 2.75) is 13.8 Å². The SMILES string of the molecule is Cc1cccc(N=Cc2ccc(OCC(=O)Nc3ccccc3)c(Cl)c2)c1C. The van der Waals surface area contributed by atoms with E-state index in [1.165, 1.54) is 5.56 Å². The molecule has 0 aliphatic carbocycles. The lowest BCUT2D eigenvalue weighted by atomic mass is 10.1. The second-order valence-electron chi connectivity index (χ2n) is 6.37. The largest absolute Gasteiger partial charge is 0.482 e. The van der Waals surface area contributed by atoms with Crippen LogP contribution in [0.5, 0.6) is 5.75 Å². The van der Waals surface area contributed by atoms with E-state index in [1.807, 2.05) is 55.5 Å². The normalized spacial score (nSPS) is 10.8. The monoisotopic (exact) mass is 392 g/mol. The Morgan fingerprint density at radius 3 is 2.61 bits per heavy atom. The molecule has 0 unspecified atom stereocenters. The fraction of sp³-hybridized carbons (Fsp3) is 0.130. The topological polar surface area (TPSA) is 50.7 Å². The Bertz CT molecular complexity index is 1000. The van der Waals surface area contributed by atoms with Gasteiger partial charge in [-0.25, -0.2) is 0 Å². The van der Waals surface area contributed by atoms with E-state index < -0.39 is 0 Å². The lowest BCUT2D eigenvalue weighted by molar-refractivity contribution is -0.118. The van der Waals surface area contributed by atoms with Crippen molar-refractivity contribution in [1.82, 2.24) is 0 Å². The van der Waals surface area contributed by atoms with Gasteiger partial charge < -0.3 is 10.1 Å². The van der Waals surface area contributed by atoms with E-state index in [4.69, 9.17) is 16.3 Å². The lowest BCUT2D eigenvalue weighted by Crippen LogP contribution is -2.20. The number of carbonyl (C=O) groups is 1. The maximum atomic E-state index is 12.0. The number of anilines is 1. The Morgan fingerprint density at radius 2 is 1.86 bits per heavy atom. The van der Waals surface area contributed by atoms with Gasteiger partial charge in [-0.05, 0) is 66.9 Å². The smallest absolute Gasteiger partial charge is 0.262 e. The van der Waals surface area contributed by atoms with Gasteiger partial charge in [-0.2, -0.15) is 0 Å². The number of aryl methyl sites for hydroxylation is 1. The first-order chi connectivity index (χ1) is 13.5. The zero-order valence-electron chi connectivity index (χ0n) is 15.8. The van der Waals surface area contributed by atoms with E-state index in [2.05, 4.69) is 23.3 Å². The number of halogens is 1. The highest BCUT2D eigenvalue weighted by atomic mass is 35.5. The summed E-state index contributed by atoms with van der Waals surface area (Å²) in [7, 11) is 0. The minimum atomic E-state index is -0.247. The molecule has 0 fully saturated rings. The van der Waals surface area contributed by atoms with E-state index in [0.29, 0.717) is 10.8 Å². The van der Waals surface area contributed by atoms with Crippen LogP contribution in [0.2, 0.25) is 5.02 Å². The summed E-state index contributed by atoms with van der Waals surface area (Å²) in [5.41, 5.74) is 4.85. The fourth-order valence-corrected chi connectivity index (χ4v) is 2.84. The second-order valence-corrected chi connectivity index (χ2v) is 6.78. The van der Waals surface area contributed by atoms with E-state index in [1.54, 1.807) is 18.3 Å². The number of amides is 1.